The van der Waals surface area contributed by atoms with Gasteiger partial charge in [0.1, 0.15) is 11.8 Å². The maximum Gasteiger partial charge on any atom is 0.122 e. The number of para-hydroxylation sites is 1. The standard InChI is InChI=1S/C17H14N4O/c1-22-16-5-3-2-4-11(16)8-14-13(9-18)17(19)12-6-7-20-10-15(12)21-14/h2-7,10H,8H2,1H3,(H2,19,21). The molecule has 108 valence electrons. The van der Waals surface area contributed by atoms with Crippen LogP contribution in [-0.4, -0.2) is 17.1 Å². The molecule has 0 unspecified atom stereocenters. The van der Waals surface area contributed by atoms with Gasteiger partial charge in [0.2, 0.25) is 0 Å². The van der Waals surface area contributed by atoms with Crippen LogP contribution in [0.5, 0.6) is 5.75 Å². The fraction of sp³-hybridized carbons (Fsp3) is 0.118. The summed E-state index contributed by atoms with van der Waals surface area (Å²) >= 11 is 0. The van der Waals surface area contributed by atoms with Crippen molar-refractivity contribution in [1.29, 1.82) is 5.26 Å². The molecule has 0 aliphatic heterocycles. The Labute approximate surface area is 128 Å². The highest BCUT2D eigenvalue weighted by molar-refractivity contribution is 5.92. The molecule has 3 rings (SSSR count). The summed E-state index contributed by atoms with van der Waals surface area (Å²) in [4.78, 5) is 8.62. The van der Waals surface area contributed by atoms with Crippen LogP contribution in [0.15, 0.2) is 42.7 Å². The van der Waals surface area contributed by atoms with Gasteiger partial charge in [0.25, 0.3) is 0 Å². The molecule has 0 atom stereocenters. The number of pyridine rings is 2. The Morgan fingerprint density at radius 1 is 1.27 bits per heavy atom. The first-order chi connectivity index (χ1) is 10.7. The monoisotopic (exact) mass is 290 g/mol. The van der Waals surface area contributed by atoms with Gasteiger partial charge in [0.05, 0.1) is 35.8 Å². The number of rotatable bonds is 3. The Balaban J connectivity index is 2.16. The van der Waals surface area contributed by atoms with Gasteiger partial charge >= 0.3 is 0 Å². The highest BCUT2D eigenvalue weighted by atomic mass is 16.5. The van der Waals surface area contributed by atoms with Crippen molar-refractivity contribution in [3.05, 3.63) is 59.5 Å². The van der Waals surface area contributed by atoms with E-state index in [0.717, 1.165) is 16.7 Å². The largest absolute Gasteiger partial charge is 0.496 e. The van der Waals surface area contributed by atoms with Gasteiger partial charge in [-0.2, -0.15) is 5.26 Å². The third-order valence-electron chi connectivity index (χ3n) is 3.57. The van der Waals surface area contributed by atoms with Crippen molar-refractivity contribution in [2.75, 3.05) is 12.8 Å². The van der Waals surface area contributed by atoms with E-state index >= 15 is 0 Å². The van der Waals surface area contributed by atoms with E-state index in [1.165, 1.54) is 0 Å². The molecule has 0 aliphatic rings. The van der Waals surface area contributed by atoms with E-state index < -0.39 is 0 Å². The molecule has 5 heteroatoms. The van der Waals surface area contributed by atoms with Gasteiger partial charge in [-0.05, 0) is 12.1 Å². The van der Waals surface area contributed by atoms with Gasteiger partial charge in [-0.25, -0.2) is 4.98 Å². The zero-order valence-electron chi connectivity index (χ0n) is 12.1. The zero-order chi connectivity index (χ0) is 15.5. The van der Waals surface area contributed by atoms with Crippen LogP contribution in [-0.2, 0) is 6.42 Å². The maximum atomic E-state index is 9.45. The predicted octanol–water partition coefficient (Wildman–Crippen LogP) is 2.68. The van der Waals surface area contributed by atoms with E-state index in [1.807, 2.05) is 24.3 Å². The summed E-state index contributed by atoms with van der Waals surface area (Å²) < 4.78 is 5.35. The smallest absolute Gasteiger partial charge is 0.122 e. The lowest BCUT2D eigenvalue weighted by Crippen LogP contribution is -2.04. The molecule has 0 saturated carbocycles. The van der Waals surface area contributed by atoms with E-state index in [0.29, 0.717) is 28.9 Å². The second-order valence-corrected chi connectivity index (χ2v) is 4.84. The number of anilines is 1. The molecule has 0 bridgehead atoms. The number of benzene rings is 1. The number of nitrogen functional groups attached to an aromatic ring is 1. The number of nitrogens with two attached hydrogens (primary N) is 1. The molecule has 0 fully saturated rings. The predicted molar refractivity (Wildman–Crippen MR) is 84.5 cm³/mol. The molecule has 0 amide bonds. The Bertz CT molecular complexity index is 883. The number of hydrogen-bond donors (Lipinski definition) is 1. The second-order valence-electron chi connectivity index (χ2n) is 4.84. The van der Waals surface area contributed by atoms with Crippen LogP contribution in [0.25, 0.3) is 10.9 Å². The van der Waals surface area contributed by atoms with Crippen molar-refractivity contribution in [3.8, 4) is 11.8 Å². The van der Waals surface area contributed by atoms with Crippen LogP contribution in [0, 0.1) is 11.3 Å². The molecule has 2 aromatic heterocycles. The fourth-order valence-electron chi connectivity index (χ4n) is 2.48. The minimum Gasteiger partial charge on any atom is -0.496 e. The Hall–Kier alpha value is -3.13. The van der Waals surface area contributed by atoms with Crippen LogP contribution < -0.4 is 10.5 Å². The van der Waals surface area contributed by atoms with Gasteiger partial charge in [-0.15, -0.1) is 0 Å². The minimum absolute atomic E-state index is 0.407. The fourth-order valence-corrected chi connectivity index (χ4v) is 2.48. The molecule has 0 spiro atoms. The van der Waals surface area contributed by atoms with E-state index in [2.05, 4.69) is 16.0 Å². The average Bonchev–Trinajstić information content (AvgIpc) is 2.56. The third-order valence-corrected chi connectivity index (χ3v) is 3.57. The molecule has 0 saturated heterocycles. The molecule has 2 N–H and O–H groups in total. The summed E-state index contributed by atoms with van der Waals surface area (Å²) in [5.41, 5.74) is 9.25. The van der Waals surface area contributed by atoms with Crippen LogP contribution in [0.4, 0.5) is 5.69 Å². The van der Waals surface area contributed by atoms with Gasteiger partial charge in [0, 0.05) is 23.6 Å². The Kier molecular flexibility index (Phi) is 3.58. The number of ether oxygens (including phenoxy) is 1. The van der Waals surface area contributed by atoms with E-state index in [1.54, 1.807) is 25.6 Å². The van der Waals surface area contributed by atoms with Gasteiger partial charge < -0.3 is 10.5 Å². The van der Waals surface area contributed by atoms with E-state index in [4.69, 9.17) is 10.5 Å². The lowest BCUT2D eigenvalue weighted by atomic mass is 10.0. The molecule has 3 aromatic rings. The van der Waals surface area contributed by atoms with Gasteiger partial charge in [-0.3, -0.25) is 4.98 Å². The lowest BCUT2D eigenvalue weighted by Gasteiger charge is -2.11. The van der Waals surface area contributed by atoms with Crippen molar-refractivity contribution in [2.24, 2.45) is 0 Å². The Morgan fingerprint density at radius 2 is 2.09 bits per heavy atom. The van der Waals surface area contributed by atoms with Crippen LogP contribution in [0.1, 0.15) is 16.8 Å². The minimum atomic E-state index is 0.407. The van der Waals surface area contributed by atoms with Crippen molar-refractivity contribution in [3.63, 3.8) is 0 Å². The number of nitriles is 1. The summed E-state index contributed by atoms with van der Waals surface area (Å²) in [5, 5.41) is 10.2. The zero-order valence-corrected chi connectivity index (χ0v) is 12.1. The normalized spacial score (nSPS) is 10.4. The third kappa shape index (κ3) is 2.31. The molecule has 0 radical (unpaired) electrons. The summed E-state index contributed by atoms with van der Waals surface area (Å²) in [6, 6.07) is 11.6. The first-order valence-electron chi connectivity index (χ1n) is 6.78. The van der Waals surface area contributed by atoms with Crippen molar-refractivity contribution < 1.29 is 4.74 Å². The van der Waals surface area contributed by atoms with Crippen molar-refractivity contribution in [2.45, 2.75) is 6.42 Å². The summed E-state index contributed by atoms with van der Waals surface area (Å²) in [5.74, 6) is 0.762. The van der Waals surface area contributed by atoms with Gasteiger partial charge in [-0.1, -0.05) is 18.2 Å². The number of hydrogen-bond acceptors (Lipinski definition) is 5. The summed E-state index contributed by atoms with van der Waals surface area (Å²) in [6.07, 6.45) is 3.77. The van der Waals surface area contributed by atoms with Crippen LogP contribution >= 0.6 is 0 Å². The van der Waals surface area contributed by atoms with E-state index in [-0.39, 0.29) is 0 Å². The number of fused-ring (bicyclic) bond motifs is 1. The van der Waals surface area contributed by atoms with Crippen LogP contribution in [0.3, 0.4) is 0 Å². The molecule has 22 heavy (non-hydrogen) atoms. The highest BCUT2D eigenvalue weighted by Gasteiger charge is 2.14. The molecular formula is C17H14N4O. The molecular weight excluding hydrogens is 276 g/mol. The molecule has 5 nitrogen and oxygen atoms in total. The summed E-state index contributed by atoms with van der Waals surface area (Å²) in [6.45, 7) is 0. The Morgan fingerprint density at radius 3 is 2.86 bits per heavy atom. The lowest BCUT2D eigenvalue weighted by molar-refractivity contribution is 0.410. The molecule has 1 aromatic carbocycles. The first-order valence-corrected chi connectivity index (χ1v) is 6.78. The quantitative estimate of drug-likeness (QED) is 0.801. The number of nitrogens with zero attached hydrogens (tertiary/aromatic N) is 3. The topological polar surface area (TPSA) is 84.8 Å². The average molecular weight is 290 g/mol. The first kappa shape index (κ1) is 13.8. The van der Waals surface area contributed by atoms with Crippen LogP contribution in [0.2, 0.25) is 0 Å². The van der Waals surface area contributed by atoms with Crippen molar-refractivity contribution in [1.82, 2.24) is 9.97 Å². The molecule has 0 aliphatic carbocycles. The molecule has 2 heterocycles. The summed E-state index contributed by atoms with van der Waals surface area (Å²) in [7, 11) is 1.62. The number of methoxy groups -OCH3 is 1. The van der Waals surface area contributed by atoms with Gasteiger partial charge in [0.15, 0.2) is 0 Å². The number of aromatic nitrogens is 2. The SMILES string of the molecule is COc1ccccc1Cc1nc2cnccc2c(N)c1C#N. The maximum absolute atomic E-state index is 9.45. The second kappa shape index (κ2) is 5.70. The van der Waals surface area contributed by atoms with Crippen molar-refractivity contribution >= 4 is 16.6 Å². The highest BCUT2D eigenvalue weighted by Crippen LogP contribution is 2.28. The van der Waals surface area contributed by atoms with E-state index in [9.17, 15) is 5.26 Å².